The zero-order valence-electron chi connectivity index (χ0n) is 15.8. The number of phenols is 1. The molecule has 154 valence electrons. The number of carbonyl (C=O) groups excluding carboxylic acids is 3. The minimum Gasteiger partial charge on any atom is -0.508 e. The van der Waals surface area contributed by atoms with Crippen molar-refractivity contribution >= 4 is 52.2 Å². The van der Waals surface area contributed by atoms with Crippen molar-refractivity contribution in [2.45, 2.75) is 0 Å². The van der Waals surface area contributed by atoms with Crippen molar-refractivity contribution in [2.24, 2.45) is 0 Å². The second-order valence-electron chi connectivity index (χ2n) is 6.11. The van der Waals surface area contributed by atoms with Crippen molar-refractivity contribution < 1.29 is 29.0 Å². The monoisotopic (exact) mass is 520 g/mol. The average molecular weight is 520 g/mol. The summed E-state index contributed by atoms with van der Waals surface area (Å²) in [5.41, 5.74) is 0.509. The van der Waals surface area contributed by atoms with Gasteiger partial charge in [0.1, 0.15) is 17.9 Å². The van der Waals surface area contributed by atoms with Crippen LogP contribution < -0.4 is 19.7 Å². The molecule has 1 saturated heterocycles. The molecule has 1 aliphatic heterocycles. The number of nitrogens with zero attached hydrogens (tertiary/aromatic N) is 1. The van der Waals surface area contributed by atoms with Crippen LogP contribution in [0.3, 0.4) is 0 Å². The van der Waals surface area contributed by atoms with Gasteiger partial charge in [-0.25, -0.2) is 9.69 Å². The average Bonchev–Trinajstić information content (AvgIpc) is 2.71. The van der Waals surface area contributed by atoms with Gasteiger partial charge in [-0.3, -0.25) is 14.9 Å². The predicted molar refractivity (Wildman–Crippen MR) is 119 cm³/mol. The lowest BCUT2D eigenvalue weighted by Crippen LogP contribution is -2.54. The van der Waals surface area contributed by atoms with Gasteiger partial charge < -0.3 is 14.6 Å². The molecule has 0 saturated carbocycles. The van der Waals surface area contributed by atoms with Crippen LogP contribution in [-0.2, 0) is 9.59 Å². The molecule has 0 atom stereocenters. The number of nitrogens with one attached hydrogen (secondary N) is 1. The number of anilines is 1. The van der Waals surface area contributed by atoms with E-state index >= 15 is 0 Å². The van der Waals surface area contributed by atoms with Crippen molar-refractivity contribution in [1.82, 2.24) is 5.32 Å². The molecule has 4 amide bonds. The fourth-order valence-electron chi connectivity index (χ4n) is 2.77. The summed E-state index contributed by atoms with van der Waals surface area (Å²) in [7, 11) is 1.48. The van der Waals surface area contributed by atoms with Gasteiger partial charge in [-0.05, 0) is 70.6 Å². The SMILES string of the molecule is C=CCOc1c(I)cc(/C=C2\C(=O)NC(=O)N(c3ccc(O)cc3)C2=O)cc1OC. The lowest BCUT2D eigenvalue weighted by Gasteiger charge is -2.26. The molecule has 0 bridgehead atoms. The smallest absolute Gasteiger partial charge is 0.335 e. The molecule has 30 heavy (non-hydrogen) atoms. The zero-order valence-corrected chi connectivity index (χ0v) is 18.0. The molecule has 1 aliphatic rings. The number of urea groups is 1. The molecule has 2 aromatic carbocycles. The van der Waals surface area contributed by atoms with Gasteiger partial charge in [0.2, 0.25) is 0 Å². The topological polar surface area (TPSA) is 105 Å². The highest BCUT2D eigenvalue weighted by Crippen LogP contribution is 2.35. The molecule has 3 rings (SSSR count). The summed E-state index contributed by atoms with van der Waals surface area (Å²) >= 11 is 2.06. The van der Waals surface area contributed by atoms with Crippen LogP contribution >= 0.6 is 22.6 Å². The van der Waals surface area contributed by atoms with E-state index in [1.807, 2.05) is 0 Å². The first-order valence-electron chi connectivity index (χ1n) is 8.67. The molecule has 2 N–H and O–H groups in total. The molecule has 0 spiro atoms. The quantitative estimate of drug-likeness (QED) is 0.262. The van der Waals surface area contributed by atoms with Crippen molar-refractivity contribution in [1.29, 1.82) is 0 Å². The maximum Gasteiger partial charge on any atom is 0.335 e. The molecule has 0 radical (unpaired) electrons. The Hall–Kier alpha value is -3.34. The Kier molecular flexibility index (Phi) is 6.40. The van der Waals surface area contributed by atoms with Crippen LogP contribution in [0, 0.1) is 3.57 Å². The summed E-state index contributed by atoms with van der Waals surface area (Å²) < 4.78 is 11.7. The van der Waals surface area contributed by atoms with Crippen LogP contribution in [0.1, 0.15) is 5.56 Å². The van der Waals surface area contributed by atoms with Gasteiger partial charge in [0.25, 0.3) is 11.8 Å². The largest absolute Gasteiger partial charge is 0.508 e. The number of methoxy groups -OCH3 is 1. The van der Waals surface area contributed by atoms with Crippen LogP contribution in [0.5, 0.6) is 17.2 Å². The van der Waals surface area contributed by atoms with Gasteiger partial charge in [0.05, 0.1) is 16.4 Å². The first kappa shape index (κ1) is 21.4. The minimum atomic E-state index is -0.867. The molecule has 1 heterocycles. The number of barbiturate groups is 1. The second kappa shape index (κ2) is 8.99. The number of ether oxygens (including phenoxy) is 2. The van der Waals surface area contributed by atoms with E-state index in [1.54, 1.807) is 18.2 Å². The minimum absolute atomic E-state index is 0.0177. The lowest BCUT2D eigenvalue weighted by molar-refractivity contribution is -0.122. The number of phenolic OH excluding ortho intramolecular Hbond substituents is 1. The summed E-state index contributed by atoms with van der Waals surface area (Å²) in [6.45, 7) is 3.90. The van der Waals surface area contributed by atoms with Crippen LogP contribution in [0.15, 0.2) is 54.6 Å². The molecule has 0 aliphatic carbocycles. The Bertz CT molecular complexity index is 1060. The lowest BCUT2D eigenvalue weighted by atomic mass is 10.1. The number of aromatic hydroxyl groups is 1. The van der Waals surface area contributed by atoms with E-state index in [-0.39, 0.29) is 23.6 Å². The highest BCUT2D eigenvalue weighted by molar-refractivity contribution is 14.1. The van der Waals surface area contributed by atoms with Crippen LogP contribution in [-0.4, -0.2) is 36.7 Å². The fourth-order valence-corrected chi connectivity index (χ4v) is 3.55. The first-order valence-corrected chi connectivity index (χ1v) is 9.75. The fraction of sp³-hybridized carbons (Fsp3) is 0.0952. The molecule has 0 unspecified atom stereocenters. The summed E-state index contributed by atoms with van der Waals surface area (Å²) in [4.78, 5) is 38.3. The van der Waals surface area contributed by atoms with Crippen LogP contribution in [0.25, 0.3) is 6.08 Å². The van der Waals surface area contributed by atoms with Gasteiger partial charge in [-0.15, -0.1) is 0 Å². The molecule has 1 fully saturated rings. The van der Waals surface area contributed by atoms with Gasteiger partial charge in [0.15, 0.2) is 11.5 Å². The number of hydrogen-bond donors (Lipinski definition) is 2. The van der Waals surface area contributed by atoms with Gasteiger partial charge in [0, 0.05) is 0 Å². The number of carbonyl (C=O) groups is 3. The van der Waals surface area contributed by atoms with Crippen molar-refractivity contribution in [2.75, 3.05) is 18.6 Å². The Morgan fingerprint density at radius 2 is 1.90 bits per heavy atom. The molecule has 8 nitrogen and oxygen atoms in total. The number of halogens is 1. The van der Waals surface area contributed by atoms with Crippen LogP contribution in [0.4, 0.5) is 10.5 Å². The number of benzene rings is 2. The summed E-state index contributed by atoms with van der Waals surface area (Å²) in [5, 5.41) is 11.6. The number of imide groups is 2. The normalized spacial score (nSPS) is 15.2. The Labute approximate surface area is 185 Å². The maximum absolute atomic E-state index is 12.9. The molecule has 0 aromatic heterocycles. The number of rotatable bonds is 6. The first-order chi connectivity index (χ1) is 14.3. The Morgan fingerprint density at radius 1 is 1.20 bits per heavy atom. The van der Waals surface area contributed by atoms with E-state index in [0.717, 1.165) is 4.90 Å². The van der Waals surface area contributed by atoms with E-state index in [2.05, 4.69) is 34.5 Å². The third-order valence-electron chi connectivity index (χ3n) is 4.12. The van der Waals surface area contributed by atoms with E-state index in [0.29, 0.717) is 20.6 Å². The van der Waals surface area contributed by atoms with E-state index < -0.39 is 17.8 Å². The molecular formula is C21H17IN2O6. The third kappa shape index (κ3) is 4.30. The van der Waals surface area contributed by atoms with Crippen molar-refractivity contribution in [3.63, 3.8) is 0 Å². The molecular weight excluding hydrogens is 503 g/mol. The van der Waals surface area contributed by atoms with Crippen LogP contribution in [0.2, 0.25) is 0 Å². The zero-order chi connectivity index (χ0) is 21.8. The molecule has 9 heteroatoms. The Balaban J connectivity index is 2.01. The van der Waals surface area contributed by atoms with Gasteiger partial charge in [-0.1, -0.05) is 12.7 Å². The second-order valence-corrected chi connectivity index (χ2v) is 7.27. The third-order valence-corrected chi connectivity index (χ3v) is 4.92. The van der Waals surface area contributed by atoms with E-state index in [4.69, 9.17) is 9.47 Å². The van der Waals surface area contributed by atoms with Gasteiger partial charge >= 0.3 is 6.03 Å². The Morgan fingerprint density at radius 3 is 2.53 bits per heavy atom. The summed E-state index contributed by atoms with van der Waals surface area (Å²) in [5.74, 6) is -0.668. The van der Waals surface area contributed by atoms with Gasteiger partial charge in [-0.2, -0.15) is 0 Å². The van der Waals surface area contributed by atoms with E-state index in [1.165, 1.54) is 37.5 Å². The summed E-state index contributed by atoms with van der Waals surface area (Å²) in [6.07, 6.45) is 2.98. The standard InChI is InChI=1S/C21H17IN2O6/c1-3-8-30-18-16(22)10-12(11-17(18)29-2)9-15-19(26)23-21(28)24(20(15)27)13-4-6-14(25)7-5-13/h3-7,9-11,25H,1,8H2,2H3,(H,23,26,28)/b15-9+. The molecule has 2 aromatic rings. The van der Waals surface area contributed by atoms with Crippen molar-refractivity contribution in [3.05, 3.63) is 63.8 Å². The van der Waals surface area contributed by atoms with Crippen molar-refractivity contribution in [3.8, 4) is 17.2 Å². The highest BCUT2D eigenvalue weighted by Gasteiger charge is 2.36. The highest BCUT2D eigenvalue weighted by atomic mass is 127. The number of amides is 4. The van der Waals surface area contributed by atoms with E-state index in [9.17, 15) is 19.5 Å². The maximum atomic E-state index is 12.9. The predicted octanol–water partition coefficient (Wildman–Crippen LogP) is 3.24. The number of hydrogen-bond acceptors (Lipinski definition) is 6. The summed E-state index contributed by atoms with van der Waals surface area (Å²) in [6, 6.07) is 7.95.